The van der Waals surface area contributed by atoms with Gasteiger partial charge in [-0.1, -0.05) is 19.3 Å². The van der Waals surface area contributed by atoms with Crippen molar-refractivity contribution in [1.29, 1.82) is 0 Å². The number of amides is 2. The Balaban J connectivity index is 1.78. The number of aromatic carboxylic acids is 1. The molecule has 1 aromatic rings. The summed E-state index contributed by atoms with van der Waals surface area (Å²) in [6.45, 7) is -0.0734. The highest BCUT2D eigenvalue weighted by atomic mass is 16.4. The minimum absolute atomic E-state index is 0.0734. The highest BCUT2D eigenvalue weighted by Crippen LogP contribution is 2.17. The maximum absolute atomic E-state index is 11.9. The van der Waals surface area contributed by atoms with Crippen molar-refractivity contribution in [2.24, 2.45) is 0 Å². The van der Waals surface area contributed by atoms with Crippen LogP contribution in [0.25, 0.3) is 0 Å². The van der Waals surface area contributed by atoms with Crippen molar-refractivity contribution >= 4 is 17.8 Å². The first-order valence-corrected chi connectivity index (χ1v) is 7.47. The van der Waals surface area contributed by atoms with Gasteiger partial charge in [0.1, 0.15) is 0 Å². The molecular formula is C16H20N2O4. The van der Waals surface area contributed by atoms with Crippen LogP contribution < -0.4 is 10.6 Å². The normalized spacial score (nSPS) is 15.1. The Hall–Kier alpha value is -2.37. The molecule has 1 aliphatic rings. The summed E-state index contributed by atoms with van der Waals surface area (Å²) in [4.78, 5) is 34.4. The molecule has 0 radical (unpaired) electrons. The Labute approximate surface area is 128 Å². The van der Waals surface area contributed by atoms with Crippen molar-refractivity contribution in [3.63, 3.8) is 0 Å². The molecule has 1 aliphatic carbocycles. The van der Waals surface area contributed by atoms with Gasteiger partial charge < -0.3 is 15.7 Å². The van der Waals surface area contributed by atoms with Gasteiger partial charge in [-0.2, -0.15) is 0 Å². The highest BCUT2D eigenvalue weighted by molar-refractivity contribution is 5.97. The van der Waals surface area contributed by atoms with E-state index in [0.29, 0.717) is 5.56 Å². The quantitative estimate of drug-likeness (QED) is 0.769. The molecule has 3 N–H and O–H groups in total. The minimum atomic E-state index is -1.04. The monoisotopic (exact) mass is 304 g/mol. The molecule has 22 heavy (non-hydrogen) atoms. The topological polar surface area (TPSA) is 95.5 Å². The number of benzene rings is 1. The third-order valence-electron chi connectivity index (χ3n) is 3.77. The van der Waals surface area contributed by atoms with E-state index in [-0.39, 0.29) is 24.1 Å². The van der Waals surface area contributed by atoms with Crippen LogP contribution in [-0.4, -0.2) is 35.5 Å². The van der Waals surface area contributed by atoms with Crippen LogP contribution in [0.3, 0.4) is 0 Å². The summed E-state index contributed by atoms with van der Waals surface area (Å²) >= 11 is 0. The molecule has 1 fully saturated rings. The predicted molar refractivity (Wildman–Crippen MR) is 80.8 cm³/mol. The van der Waals surface area contributed by atoms with Crippen LogP contribution in [0.1, 0.15) is 52.8 Å². The van der Waals surface area contributed by atoms with E-state index in [1.165, 1.54) is 30.7 Å². The number of hydrogen-bond acceptors (Lipinski definition) is 3. The Kier molecular flexibility index (Phi) is 5.52. The van der Waals surface area contributed by atoms with E-state index in [0.717, 1.165) is 25.7 Å². The second-order valence-electron chi connectivity index (χ2n) is 5.47. The lowest BCUT2D eigenvalue weighted by molar-refractivity contribution is -0.121. The zero-order valence-corrected chi connectivity index (χ0v) is 12.3. The van der Waals surface area contributed by atoms with Crippen molar-refractivity contribution < 1.29 is 19.5 Å². The SMILES string of the molecule is O=C(CNC(=O)c1ccc(C(=O)O)cc1)NC1CCCCC1. The first-order valence-electron chi connectivity index (χ1n) is 7.47. The van der Waals surface area contributed by atoms with Crippen LogP contribution in [0.15, 0.2) is 24.3 Å². The van der Waals surface area contributed by atoms with Crippen LogP contribution in [0, 0.1) is 0 Å². The Morgan fingerprint density at radius 3 is 2.18 bits per heavy atom. The Bertz CT molecular complexity index is 548. The number of carbonyl (C=O) groups is 3. The summed E-state index contributed by atoms with van der Waals surface area (Å²) in [6.07, 6.45) is 5.47. The molecule has 0 spiro atoms. The lowest BCUT2D eigenvalue weighted by atomic mass is 9.95. The molecule has 0 aromatic heterocycles. The number of nitrogens with one attached hydrogen (secondary N) is 2. The Morgan fingerprint density at radius 2 is 1.59 bits per heavy atom. The van der Waals surface area contributed by atoms with E-state index in [2.05, 4.69) is 10.6 Å². The first-order chi connectivity index (χ1) is 10.6. The van der Waals surface area contributed by atoms with E-state index in [4.69, 9.17) is 5.11 Å². The van der Waals surface area contributed by atoms with E-state index in [9.17, 15) is 14.4 Å². The summed E-state index contributed by atoms with van der Waals surface area (Å²) in [5.74, 6) is -1.63. The van der Waals surface area contributed by atoms with Crippen LogP contribution in [0.5, 0.6) is 0 Å². The fraction of sp³-hybridized carbons (Fsp3) is 0.438. The maximum atomic E-state index is 11.9. The molecule has 0 saturated heterocycles. The third-order valence-corrected chi connectivity index (χ3v) is 3.77. The number of carboxylic acid groups (broad SMARTS) is 1. The third kappa shape index (κ3) is 4.58. The van der Waals surface area contributed by atoms with Gasteiger partial charge in [-0.25, -0.2) is 4.79 Å². The number of carbonyl (C=O) groups excluding carboxylic acids is 2. The smallest absolute Gasteiger partial charge is 0.335 e. The highest BCUT2D eigenvalue weighted by Gasteiger charge is 2.16. The number of rotatable bonds is 5. The summed E-state index contributed by atoms with van der Waals surface area (Å²) in [5.41, 5.74) is 0.446. The number of carboxylic acids is 1. The predicted octanol–water partition coefficient (Wildman–Crippen LogP) is 1.56. The largest absolute Gasteiger partial charge is 0.478 e. The molecule has 0 heterocycles. The fourth-order valence-electron chi connectivity index (χ4n) is 2.55. The van der Waals surface area contributed by atoms with Crippen molar-refractivity contribution in [2.45, 2.75) is 38.1 Å². The molecular weight excluding hydrogens is 284 g/mol. The maximum Gasteiger partial charge on any atom is 0.335 e. The minimum Gasteiger partial charge on any atom is -0.478 e. The van der Waals surface area contributed by atoms with Gasteiger partial charge in [0.25, 0.3) is 5.91 Å². The lowest BCUT2D eigenvalue weighted by Crippen LogP contribution is -2.42. The molecule has 0 aliphatic heterocycles. The summed E-state index contributed by atoms with van der Waals surface area (Å²) in [5, 5.41) is 14.2. The lowest BCUT2D eigenvalue weighted by Gasteiger charge is -2.22. The zero-order valence-electron chi connectivity index (χ0n) is 12.3. The average molecular weight is 304 g/mol. The van der Waals surface area contributed by atoms with Gasteiger partial charge in [0, 0.05) is 11.6 Å². The molecule has 0 bridgehead atoms. The average Bonchev–Trinajstić information content (AvgIpc) is 2.53. The molecule has 1 aromatic carbocycles. The summed E-state index contributed by atoms with van der Waals surface area (Å²) in [6, 6.07) is 5.79. The van der Waals surface area contributed by atoms with Gasteiger partial charge in [-0.3, -0.25) is 9.59 Å². The van der Waals surface area contributed by atoms with Crippen LogP contribution in [-0.2, 0) is 4.79 Å². The van der Waals surface area contributed by atoms with Gasteiger partial charge >= 0.3 is 5.97 Å². The summed E-state index contributed by atoms with van der Waals surface area (Å²) < 4.78 is 0. The molecule has 2 rings (SSSR count). The first kappa shape index (κ1) is 16.0. The van der Waals surface area contributed by atoms with Crippen molar-refractivity contribution in [2.75, 3.05) is 6.54 Å². The standard InChI is InChI=1S/C16H20N2O4/c19-14(18-13-4-2-1-3-5-13)10-17-15(20)11-6-8-12(9-7-11)16(21)22/h6-9,13H,1-5,10H2,(H,17,20)(H,18,19)(H,21,22). The van der Waals surface area contributed by atoms with Gasteiger partial charge in [-0.15, -0.1) is 0 Å². The molecule has 0 unspecified atom stereocenters. The second-order valence-corrected chi connectivity index (χ2v) is 5.47. The fourth-order valence-corrected chi connectivity index (χ4v) is 2.55. The van der Waals surface area contributed by atoms with Gasteiger partial charge in [0.15, 0.2) is 0 Å². The van der Waals surface area contributed by atoms with E-state index < -0.39 is 11.9 Å². The van der Waals surface area contributed by atoms with E-state index in [1.54, 1.807) is 0 Å². The van der Waals surface area contributed by atoms with Gasteiger partial charge in [-0.05, 0) is 37.1 Å². The molecule has 6 heteroatoms. The Morgan fingerprint density at radius 1 is 1.00 bits per heavy atom. The molecule has 6 nitrogen and oxygen atoms in total. The van der Waals surface area contributed by atoms with Crippen molar-refractivity contribution in [3.8, 4) is 0 Å². The molecule has 2 amide bonds. The summed E-state index contributed by atoms with van der Waals surface area (Å²) in [7, 11) is 0. The molecule has 1 saturated carbocycles. The number of hydrogen-bond donors (Lipinski definition) is 3. The van der Waals surface area contributed by atoms with Gasteiger partial charge in [0.05, 0.1) is 12.1 Å². The van der Waals surface area contributed by atoms with Crippen molar-refractivity contribution in [1.82, 2.24) is 10.6 Å². The van der Waals surface area contributed by atoms with Crippen LogP contribution in [0.2, 0.25) is 0 Å². The van der Waals surface area contributed by atoms with Gasteiger partial charge in [0.2, 0.25) is 5.91 Å². The van der Waals surface area contributed by atoms with E-state index in [1.807, 2.05) is 0 Å². The zero-order chi connectivity index (χ0) is 15.9. The molecule has 118 valence electrons. The van der Waals surface area contributed by atoms with E-state index >= 15 is 0 Å². The van der Waals surface area contributed by atoms with Crippen LogP contribution >= 0.6 is 0 Å². The second kappa shape index (κ2) is 7.59. The van der Waals surface area contributed by atoms with Crippen molar-refractivity contribution in [3.05, 3.63) is 35.4 Å². The molecule has 0 atom stereocenters. The van der Waals surface area contributed by atoms with Crippen LogP contribution in [0.4, 0.5) is 0 Å².